The Morgan fingerprint density at radius 1 is 1.16 bits per heavy atom. The second-order valence-electron chi connectivity index (χ2n) is 8.20. The van der Waals surface area contributed by atoms with Crippen LogP contribution < -0.4 is 10.6 Å². The maximum absolute atomic E-state index is 12.4. The largest absolute Gasteiger partial charge is 0.355 e. The van der Waals surface area contributed by atoms with Gasteiger partial charge in [0.1, 0.15) is 5.01 Å². The third-order valence-corrected chi connectivity index (χ3v) is 7.71. The summed E-state index contributed by atoms with van der Waals surface area (Å²) in [7, 11) is 0. The Kier molecular flexibility index (Phi) is 9.95. The number of para-hydroxylation sites is 1. The van der Waals surface area contributed by atoms with Crippen molar-refractivity contribution < 1.29 is 9.59 Å². The summed E-state index contributed by atoms with van der Waals surface area (Å²) in [6, 6.07) is 8.12. The van der Waals surface area contributed by atoms with Crippen molar-refractivity contribution in [1.29, 1.82) is 0 Å². The molecule has 2 heterocycles. The van der Waals surface area contributed by atoms with Crippen molar-refractivity contribution in [1.82, 2.24) is 20.4 Å². The molecule has 9 heteroatoms. The molecule has 0 saturated carbocycles. The van der Waals surface area contributed by atoms with Crippen LogP contribution in [0.1, 0.15) is 59.4 Å². The van der Waals surface area contributed by atoms with Gasteiger partial charge in [0.05, 0.1) is 5.75 Å². The number of amides is 2. The zero-order valence-electron chi connectivity index (χ0n) is 18.9. The van der Waals surface area contributed by atoms with E-state index in [9.17, 15) is 9.59 Å². The summed E-state index contributed by atoms with van der Waals surface area (Å²) in [5.41, 5.74) is 1.76. The number of hydrogen-bond acceptors (Lipinski definition) is 7. The lowest BCUT2D eigenvalue weighted by atomic mass is 10.2. The summed E-state index contributed by atoms with van der Waals surface area (Å²) in [6.45, 7) is 7.27. The summed E-state index contributed by atoms with van der Waals surface area (Å²) in [4.78, 5) is 27.1. The molecule has 174 valence electrons. The van der Waals surface area contributed by atoms with Gasteiger partial charge in [-0.1, -0.05) is 42.4 Å². The number of aryl methyl sites for hydroxylation is 1. The van der Waals surface area contributed by atoms with Crippen LogP contribution >= 0.6 is 23.1 Å². The first kappa shape index (κ1) is 24.7. The molecule has 1 aromatic carbocycles. The number of carbonyl (C=O) groups excluding carboxylic acids is 2. The minimum absolute atomic E-state index is 0.0418. The zero-order chi connectivity index (χ0) is 22.8. The SMILES string of the molecule is Cc1ccccc1NC(=O)c1nnc(CSCC(=O)NCC[C@@H](C)N2CCCCCC2)s1. The van der Waals surface area contributed by atoms with Crippen LogP contribution in [-0.4, -0.2) is 58.3 Å². The van der Waals surface area contributed by atoms with Crippen LogP contribution in [0.3, 0.4) is 0 Å². The highest BCUT2D eigenvalue weighted by atomic mass is 32.2. The lowest BCUT2D eigenvalue weighted by molar-refractivity contribution is -0.118. The number of nitrogens with zero attached hydrogens (tertiary/aromatic N) is 3. The Morgan fingerprint density at radius 3 is 2.66 bits per heavy atom. The molecular weight excluding hydrogens is 442 g/mol. The molecule has 0 bridgehead atoms. The fraction of sp³-hybridized carbons (Fsp3) is 0.565. The van der Waals surface area contributed by atoms with Gasteiger partial charge in [-0.25, -0.2) is 0 Å². The smallest absolute Gasteiger partial charge is 0.286 e. The Labute approximate surface area is 198 Å². The van der Waals surface area contributed by atoms with Crippen LogP contribution in [0.25, 0.3) is 0 Å². The normalized spacial score (nSPS) is 15.7. The van der Waals surface area contributed by atoms with E-state index in [-0.39, 0.29) is 11.8 Å². The topological polar surface area (TPSA) is 87.2 Å². The quantitative estimate of drug-likeness (QED) is 0.538. The Bertz CT molecular complexity index is 881. The van der Waals surface area contributed by atoms with E-state index in [2.05, 4.69) is 32.7 Å². The van der Waals surface area contributed by atoms with Gasteiger partial charge in [-0.2, -0.15) is 0 Å². The minimum atomic E-state index is -0.260. The van der Waals surface area contributed by atoms with Gasteiger partial charge in [-0.05, 0) is 57.8 Å². The molecule has 0 unspecified atom stereocenters. The van der Waals surface area contributed by atoms with Crippen molar-refractivity contribution in [3.05, 3.63) is 39.8 Å². The Hall–Kier alpha value is -1.97. The summed E-state index contributed by atoms with van der Waals surface area (Å²) in [5, 5.41) is 15.1. The van der Waals surface area contributed by atoms with E-state index in [1.165, 1.54) is 61.9 Å². The molecule has 7 nitrogen and oxygen atoms in total. The number of likely N-dealkylation sites (tertiary alicyclic amines) is 1. The van der Waals surface area contributed by atoms with Crippen LogP contribution in [-0.2, 0) is 10.5 Å². The predicted molar refractivity (Wildman–Crippen MR) is 132 cm³/mol. The van der Waals surface area contributed by atoms with Gasteiger partial charge in [0.15, 0.2) is 0 Å². The van der Waals surface area contributed by atoms with Gasteiger partial charge in [-0.15, -0.1) is 22.0 Å². The van der Waals surface area contributed by atoms with E-state index in [1.54, 1.807) is 0 Å². The first-order valence-corrected chi connectivity index (χ1v) is 13.3. The Balaban J connectivity index is 1.33. The molecule has 1 aliphatic heterocycles. The summed E-state index contributed by atoms with van der Waals surface area (Å²) in [6.07, 6.45) is 6.23. The van der Waals surface area contributed by atoms with E-state index in [0.717, 1.165) is 22.7 Å². The van der Waals surface area contributed by atoms with Crippen molar-refractivity contribution in [2.45, 2.75) is 57.7 Å². The first-order chi connectivity index (χ1) is 15.5. The van der Waals surface area contributed by atoms with Gasteiger partial charge in [0.2, 0.25) is 10.9 Å². The fourth-order valence-electron chi connectivity index (χ4n) is 3.71. The second kappa shape index (κ2) is 12.9. The van der Waals surface area contributed by atoms with Gasteiger partial charge >= 0.3 is 0 Å². The fourth-order valence-corrected chi connectivity index (χ4v) is 5.35. The van der Waals surface area contributed by atoms with E-state index in [0.29, 0.717) is 29.1 Å². The van der Waals surface area contributed by atoms with Crippen LogP contribution in [0.5, 0.6) is 0 Å². The lowest BCUT2D eigenvalue weighted by Gasteiger charge is -2.27. The van der Waals surface area contributed by atoms with E-state index < -0.39 is 0 Å². The number of carbonyl (C=O) groups is 2. The molecule has 2 aromatic rings. The standard InChI is InChI=1S/C23H33N5O2S2/c1-17-9-5-6-10-19(17)25-22(30)23-27-26-21(32-23)16-31-15-20(29)24-12-11-18(2)28-13-7-3-4-8-14-28/h5-6,9-10,18H,3-4,7-8,11-16H2,1-2H3,(H,24,29)(H,25,30)/t18-/m1/s1. The molecule has 2 amide bonds. The van der Waals surface area contributed by atoms with E-state index >= 15 is 0 Å². The highest BCUT2D eigenvalue weighted by Gasteiger charge is 2.16. The molecule has 0 aliphatic carbocycles. The zero-order valence-corrected chi connectivity index (χ0v) is 20.6. The van der Waals surface area contributed by atoms with Gasteiger partial charge in [-0.3, -0.25) is 9.59 Å². The maximum Gasteiger partial charge on any atom is 0.286 e. The summed E-state index contributed by atoms with van der Waals surface area (Å²) < 4.78 is 0. The predicted octanol–water partition coefficient (Wildman–Crippen LogP) is 4.10. The highest BCUT2D eigenvalue weighted by molar-refractivity contribution is 7.99. The molecule has 1 aliphatic rings. The molecular formula is C23H33N5O2S2. The van der Waals surface area contributed by atoms with Crippen LogP contribution in [0.2, 0.25) is 0 Å². The van der Waals surface area contributed by atoms with E-state index in [4.69, 9.17) is 0 Å². The first-order valence-electron chi connectivity index (χ1n) is 11.3. The number of thioether (sulfide) groups is 1. The molecule has 1 aromatic heterocycles. The molecule has 2 N–H and O–H groups in total. The number of anilines is 1. The number of nitrogens with one attached hydrogen (secondary N) is 2. The second-order valence-corrected chi connectivity index (χ2v) is 10.2. The third-order valence-electron chi connectivity index (χ3n) is 5.66. The van der Waals surface area contributed by atoms with Crippen LogP contribution in [0.15, 0.2) is 24.3 Å². The monoisotopic (exact) mass is 475 g/mol. The molecule has 0 radical (unpaired) electrons. The third kappa shape index (κ3) is 7.86. The van der Waals surface area contributed by atoms with Crippen molar-refractivity contribution in [2.75, 3.05) is 30.7 Å². The van der Waals surface area contributed by atoms with Crippen LogP contribution in [0, 0.1) is 6.92 Å². The van der Waals surface area contributed by atoms with Crippen molar-refractivity contribution in [3.8, 4) is 0 Å². The Morgan fingerprint density at radius 2 is 1.91 bits per heavy atom. The van der Waals surface area contributed by atoms with Crippen molar-refractivity contribution in [3.63, 3.8) is 0 Å². The maximum atomic E-state index is 12.4. The van der Waals surface area contributed by atoms with E-state index in [1.807, 2.05) is 31.2 Å². The summed E-state index contributed by atoms with van der Waals surface area (Å²) in [5.74, 6) is 0.722. The number of benzene rings is 1. The van der Waals surface area contributed by atoms with Gasteiger partial charge in [0, 0.05) is 24.0 Å². The highest BCUT2D eigenvalue weighted by Crippen LogP contribution is 2.19. The number of hydrogen-bond donors (Lipinski definition) is 2. The molecule has 1 saturated heterocycles. The average Bonchev–Trinajstić information content (AvgIpc) is 3.08. The number of rotatable bonds is 10. The molecule has 32 heavy (non-hydrogen) atoms. The van der Waals surface area contributed by atoms with Crippen molar-refractivity contribution in [2.24, 2.45) is 0 Å². The molecule has 0 spiro atoms. The average molecular weight is 476 g/mol. The van der Waals surface area contributed by atoms with Crippen LogP contribution in [0.4, 0.5) is 5.69 Å². The summed E-state index contributed by atoms with van der Waals surface area (Å²) >= 11 is 2.75. The van der Waals surface area contributed by atoms with Crippen molar-refractivity contribution >= 4 is 40.6 Å². The molecule has 3 rings (SSSR count). The minimum Gasteiger partial charge on any atom is -0.355 e. The number of aromatic nitrogens is 2. The van der Waals surface area contributed by atoms with Gasteiger partial charge < -0.3 is 15.5 Å². The van der Waals surface area contributed by atoms with Gasteiger partial charge in [0.25, 0.3) is 5.91 Å². The molecule has 1 atom stereocenters. The molecule has 1 fully saturated rings. The lowest BCUT2D eigenvalue weighted by Crippen LogP contribution is -2.37.